The summed E-state index contributed by atoms with van der Waals surface area (Å²) in [6.07, 6.45) is 1.88. The number of ketones is 1. The molecule has 4 nitrogen and oxygen atoms in total. The van der Waals surface area contributed by atoms with Gasteiger partial charge in [-0.25, -0.2) is 9.13 Å². The van der Waals surface area contributed by atoms with E-state index in [0.29, 0.717) is 16.5 Å². The number of nitrogens with two attached hydrogens (primary N) is 1. The van der Waals surface area contributed by atoms with Crippen LogP contribution in [0.4, 0.5) is 5.95 Å². The number of nitrogen functional groups attached to an aromatic ring is 1. The standard InChI is InChI=1S/C18H15BrClN3O/c1-22-16(12-4-8-15(20)9-5-12)10-23(18(22)21)11-17(24)13-2-6-14(19)7-3-13/h2-10,21H,11H2,1H3/p+1. The van der Waals surface area contributed by atoms with Crippen molar-refractivity contribution in [2.45, 2.75) is 6.54 Å². The Balaban J connectivity index is 1.89. The van der Waals surface area contributed by atoms with Crippen molar-refractivity contribution >= 4 is 39.3 Å². The average Bonchev–Trinajstić information content (AvgIpc) is 2.85. The number of imidazole rings is 1. The molecule has 0 unspecified atom stereocenters. The second-order valence-corrected chi connectivity index (χ2v) is 6.85. The molecule has 1 heterocycles. The van der Waals surface area contributed by atoms with Gasteiger partial charge < -0.3 is 0 Å². The minimum absolute atomic E-state index is 0.00690. The Hall–Kier alpha value is -2.11. The number of carbonyl (C=O) groups excluding carboxylic acids is 1. The molecule has 0 amide bonds. The Morgan fingerprint density at radius 1 is 1.17 bits per heavy atom. The molecule has 0 bridgehead atoms. The molecule has 0 atom stereocenters. The summed E-state index contributed by atoms with van der Waals surface area (Å²) in [6, 6.07) is 14.8. The molecule has 0 saturated heterocycles. The second-order valence-electron chi connectivity index (χ2n) is 5.50. The number of carbonyl (C=O) groups is 1. The molecule has 24 heavy (non-hydrogen) atoms. The largest absolute Gasteiger partial charge is 0.355 e. The quantitative estimate of drug-likeness (QED) is 0.529. The molecular weight excluding hydrogens is 390 g/mol. The summed E-state index contributed by atoms with van der Waals surface area (Å²) in [5.74, 6) is 0.526. The van der Waals surface area contributed by atoms with Crippen LogP contribution in [0.2, 0.25) is 5.02 Å². The van der Waals surface area contributed by atoms with Crippen LogP contribution in [0.1, 0.15) is 10.4 Å². The maximum Gasteiger partial charge on any atom is 0.355 e. The normalized spacial score (nSPS) is 10.8. The first-order valence-electron chi connectivity index (χ1n) is 7.35. The molecule has 0 aliphatic heterocycles. The number of rotatable bonds is 4. The molecule has 0 aliphatic rings. The molecule has 0 radical (unpaired) electrons. The third-order valence-electron chi connectivity index (χ3n) is 3.90. The fourth-order valence-corrected chi connectivity index (χ4v) is 2.90. The van der Waals surface area contributed by atoms with Crippen molar-refractivity contribution < 1.29 is 9.36 Å². The minimum Gasteiger partial charge on any atom is -0.291 e. The molecule has 3 rings (SSSR count). The summed E-state index contributed by atoms with van der Waals surface area (Å²) in [4.78, 5) is 12.5. The Bertz CT molecular complexity index is 886. The van der Waals surface area contributed by atoms with Crippen LogP contribution in [0.3, 0.4) is 0 Å². The Morgan fingerprint density at radius 2 is 1.79 bits per heavy atom. The Morgan fingerprint density at radius 3 is 2.42 bits per heavy atom. The smallest absolute Gasteiger partial charge is 0.291 e. The van der Waals surface area contributed by atoms with Crippen molar-refractivity contribution in [2.75, 3.05) is 5.73 Å². The fourth-order valence-electron chi connectivity index (χ4n) is 2.51. The molecule has 0 fully saturated rings. The SMILES string of the molecule is Cn1c(-c2ccc(Cl)cc2)c[n+](CC(=O)c2ccc(Br)cc2)c1N. The van der Waals surface area contributed by atoms with Gasteiger partial charge in [0.2, 0.25) is 0 Å². The molecule has 0 aliphatic carbocycles. The summed E-state index contributed by atoms with van der Waals surface area (Å²) in [5, 5.41) is 0.680. The van der Waals surface area contributed by atoms with Gasteiger partial charge in [0.05, 0.1) is 7.05 Å². The number of Topliss-reactive ketones (excluding diaryl/α,β-unsaturated/α-hetero) is 1. The van der Waals surface area contributed by atoms with E-state index in [1.165, 1.54) is 0 Å². The van der Waals surface area contributed by atoms with E-state index >= 15 is 0 Å². The molecule has 0 saturated carbocycles. The van der Waals surface area contributed by atoms with Crippen LogP contribution >= 0.6 is 27.5 Å². The summed E-state index contributed by atoms with van der Waals surface area (Å²) < 4.78 is 4.56. The van der Waals surface area contributed by atoms with Crippen LogP contribution in [-0.4, -0.2) is 10.4 Å². The zero-order valence-electron chi connectivity index (χ0n) is 13.0. The predicted molar refractivity (Wildman–Crippen MR) is 98.9 cm³/mol. The monoisotopic (exact) mass is 404 g/mol. The number of halogens is 2. The topological polar surface area (TPSA) is 51.9 Å². The number of benzene rings is 2. The number of aromatic nitrogens is 2. The predicted octanol–water partition coefficient (Wildman–Crippen LogP) is 3.86. The summed E-state index contributed by atoms with van der Waals surface area (Å²) in [7, 11) is 1.87. The van der Waals surface area contributed by atoms with E-state index in [1.54, 1.807) is 16.7 Å². The van der Waals surface area contributed by atoms with Crippen molar-refractivity contribution in [1.82, 2.24) is 4.57 Å². The molecule has 1 aromatic heterocycles. The summed E-state index contributed by atoms with van der Waals surface area (Å²) >= 11 is 9.31. The molecule has 122 valence electrons. The second kappa shape index (κ2) is 6.79. The van der Waals surface area contributed by atoms with Crippen LogP contribution in [0.5, 0.6) is 0 Å². The van der Waals surface area contributed by atoms with E-state index in [4.69, 9.17) is 17.3 Å². The van der Waals surface area contributed by atoms with Crippen LogP contribution in [0.15, 0.2) is 59.2 Å². The number of hydrogen-bond donors (Lipinski definition) is 1. The van der Waals surface area contributed by atoms with Crippen LogP contribution in [0, 0.1) is 0 Å². The molecule has 3 aromatic rings. The first-order valence-corrected chi connectivity index (χ1v) is 8.52. The highest BCUT2D eigenvalue weighted by Gasteiger charge is 2.20. The Labute approximate surface area is 153 Å². The third kappa shape index (κ3) is 3.37. The summed E-state index contributed by atoms with van der Waals surface area (Å²) in [6.45, 7) is 0.189. The van der Waals surface area contributed by atoms with Crippen molar-refractivity contribution in [3.8, 4) is 11.3 Å². The van der Waals surface area contributed by atoms with Gasteiger partial charge in [0.25, 0.3) is 0 Å². The van der Waals surface area contributed by atoms with E-state index in [0.717, 1.165) is 15.7 Å². The zero-order valence-corrected chi connectivity index (χ0v) is 15.4. The highest BCUT2D eigenvalue weighted by molar-refractivity contribution is 9.10. The fraction of sp³-hybridized carbons (Fsp3) is 0.111. The lowest BCUT2D eigenvalue weighted by Crippen LogP contribution is -2.39. The van der Waals surface area contributed by atoms with Gasteiger partial charge in [-0.3, -0.25) is 10.5 Å². The van der Waals surface area contributed by atoms with Crippen LogP contribution in [0.25, 0.3) is 11.3 Å². The summed E-state index contributed by atoms with van der Waals surface area (Å²) in [5.41, 5.74) is 8.73. The number of anilines is 1. The maximum absolute atomic E-state index is 12.5. The minimum atomic E-state index is 0.00690. The molecule has 2 N–H and O–H groups in total. The van der Waals surface area contributed by atoms with Gasteiger partial charge in [-0.05, 0) is 36.4 Å². The van der Waals surface area contributed by atoms with E-state index in [2.05, 4.69) is 15.9 Å². The van der Waals surface area contributed by atoms with E-state index < -0.39 is 0 Å². The van der Waals surface area contributed by atoms with E-state index in [1.807, 2.05) is 54.2 Å². The molecule has 2 aromatic carbocycles. The first-order chi connectivity index (χ1) is 11.5. The molecular formula is C18H16BrClN3O+. The van der Waals surface area contributed by atoms with Crippen molar-refractivity contribution in [3.05, 3.63) is 69.8 Å². The van der Waals surface area contributed by atoms with Gasteiger partial charge in [-0.15, -0.1) is 0 Å². The third-order valence-corrected chi connectivity index (χ3v) is 4.68. The van der Waals surface area contributed by atoms with Crippen molar-refractivity contribution in [1.29, 1.82) is 0 Å². The van der Waals surface area contributed by atoms with Gasteiger partial charge in [0.1, 0.15) is 18.4 Å². The van der Waals surface area contributed by atoms with Gasteiger partial charge in [-0.1, -0.05) is 39.7 Å². The molecule has 6 heteroatoms. The lowest BCUT2D eigenvalue weighted by atomic mass is 10.1. The van der Waals surface area contributed by atoms with Gasteiger partial charge in [0.15, 0.2) is 5.78 Å². The van der Waals surface area contributed by atoms with Crippen LogP contribution < -0.4 is 10.3 Å². The first kappa shape index (κ1) is 16.7. The lowest BCUT2D eigenvalue weighted by Gasteiger charge is -2.00. The van der Waals surface area contributed by atoms with Gasteiger partial charge in [0, 0.05) is 20.6 Å². The van der Waals surface area contributed by atoms with Crippen LogP contribution in [-0.2, 0) is 13.6 Å². The van der Waals surface area contributed by atoms with E-state index in [9.17, 15) is 4.79 Å². The number of hydrogen-bond acceptors (Lipinski definition) is 2. The average molecular weight is 406 g/mol. The zero-order chi connectivity index (χ0) is 17.3. The highest BCUT2D eigenvalue weighted by atomic mass is 79.9. The van der Waals surface area contributed by atoms with Gasteiger partial charge in [-0.2, -0.15) is 0 Å². The van der Waals surface area contributed by atoms with Crippen molar-refractivity contribution in [2.24, 2.45) is 7.05 Å². The maximum atomic E-state index is 12.5. The van der Waals surface area contributed by atoms with E-state index in [-0.39, 0.29) is 12.3 Å². The highest BCUT2D eigenvalue weighted by Crippen LogP contribution is 2.22. The van der Waals surface area contributed by atoms with Crippen molar-refractivity contribution in [3.63, 3.8) is 0 Å². The number of nitrogens with zero attached hydrogens (tertiary/aromatic N) is 2. The Kier molecular flexibility index (Phi) is 4.73. The van der Waals surface area contributed by atoms with Gasteiger partial charge >= 0.3 is 5.95 Å². The lowest BCUT2D eigenvalue weighted by molar-refractivity contribution is -0.667. The molecule has 0 spiro atoms.